The van der Waals surface area contributed by atoms with Gasteiger partial charge in [0.1, 0.15) is 5.76 Å². The smallest absolute Gasteiger partial charge is 0.231 e. The van der Waals surface area contributed by atoms with Crippen LogP contribution in [0.5, 0.6) is 11.5 Å². The normalized spacial score (nSPS) is 12.7. The number of hydrogen-bond donors (Lipinski definition) is 0. The van der Waals surface area contributed by atoms with Crippen LogP contribution in [0, 0.1) is 0 Å². The quantitative estimate of drug-likeness (QED) is 0.632. The number of fused-ring (bicyclic) bond motifs is 1. The number of carbonyl (C=O) groups excluding carboxylic acids is 1. The highest BCUT2D eigenvalue weighted by molar-refractivity contribution is 6.16. The first-order chi connectivity index (χ1) is 8.78. The van der Waals surface area contributed by atoms with Crippen LogP contribution in [0.15, 0.2) is 34.7 Å². The summed E-state index contributed by atoms with van der Waals surface area (Å²) >= 11 is 5.63. The Labute approximate surface area is 108 Å². The average Bonchev–Trinajstić information content (AvgIpc) is 3.05. The maximum Gasteiger partial charge on any atom is 0.231 e. The van der Waals surface area contributed by atoms with E-state index in [1.54, 1.807) is 30.3 Å². The van der Waals surface area contributed by atoms with Gasteiger partial charge in [0.2, 0.25) is 12.6 Å². The Balaban J connectivity index is 1.92. The summed E-state index contributed by atoms with van der Waals surface area (Å²) in [5.41, 5.74) is 0.495. The van der Waals surface area contributed by atoms with Crippen molar-refractivity contribution in [2.24, 2.45) is 0 Å². The van der Waals surface area contributed by atoms with Crippen molar-refractivity contribution in [2.75, 3.05) is 6.79 Å². The molecule has 0 bridgehead atoms. The van der Waals surface area contributed by atoms with Crippen LogP contribution in [-0.2, 0) is 5.88 Å². The number of carbonyl (C=O) groups is 1. The van der Waals surface area contributed by atoms with E-state index in [0.29, 0.717) is 22.8 Å². The van der Waals surface area contributed by atoms with Gasteiger partial charge in [-0.1, -0.05) is 0 Å². The number of ketones is 1. The van der Waals surface area contributed by atoms with E-state index in [1.165, 1.54) is 0 Å². The Morgan fingerprint density at radius 3 is 2.78 bits per heavy atom. The largest absolute Gasteiger partial charge is 0.456 e. The maximum absolute atomic E-state index is 12.1. The van der Waals surface area contributed by atoms with E-state index in [-0.39, 0.29) is 24.2 Å². The number of furan rings is 1. The molecule has 1 aliphatic rings. The van der Waals surface area contributed by atoms with Gasteiger partial charge in [-0.15, -0.1) is 11.6 Å². The summed E-state index contributed by atoms with van der Waals surface area (Å²) in [4.78, 5) is 12.1. The molecule has 0 saturated carbocycles. The van der Waals surface area contributed by atoms with E-state index in [1.807, 2.05) is 0 Å². The second-order valence-corrected chi connectivity index (χ2v) is 4.06. The monoisotopic (exact) mass is 264 g/mol. The molecule has 2 aromatic rings. The zero-order valence-corrected chi connectivity index (χ0v) is 10.1. The summed E-state index contributed by atoms with van der Waals surface area (Å²) < 4.78 is 15.7. The fraction of sp³-hybridized carbons (Fsp3) is 0.154. The van der Waals surface area contributed by atoms with Crippen molar-refractivity contribution >= 4 is 17.4 Å². The van der Waals surface area contributed by atoms with E-state index in [9.17, 15) is 4.79 Å². The van der Waals surface area contributed by atoms with E-state index in [4.69, 9.17) is 25.5 Å². The minimum Gasteiger partial charge on any atom is -0.456 e. The highest BCUT2D eigenvalue weighted by Crippen LogP contribution is 2.33. The Hall–Kier alpha value is -1.94. The molecule has 0 atom stereocenters. The Kier molecular flexibility index (Phi) is 2.72. The summed E-state index contributed by atoms with van der Waals surface area (Å²) in [6, 6.07) is 8.34. The SMILES string of the molecule is O=C(c1ccc2c(c1)OCO2)c1ccc(CCl)o1. The predicted molar refractivity (Wildman–Crippen MR) is 64.3 cm³/mol. The highest BCUT2D eigenvalue weighted by atomic mass is 35.5. The van der Waals surface area contributed by atoms with Crippen molar-refractivity contribution in [1.82, 2.24) is 0 Å². The molecule has 0 fully saturated rings. The van der Waals surface area contributed by atoms with Crippen LogP contribution in [-0.4, -0.2) is 12.6 Å². The number of rotatable bonds is 3. The topological polar surface area (TPSA) is 48.7 Å². The summed E-state index contributed by atoms with van der Waals surface area (Å²) in [6.07, 6.45) is 0. The lowest BCUT2D eigenvalue weighted by molar-refractivity contribution is 0.101. The summed E-state index contributed by atoms with van der Waals surface area (Å²) in [6.45, 7) is 0.185. The molecule has 0 unspecified atom stereocenters. The van der Waals surface area contributed by atoms with E-state index in [0.717, 1.165) is 0 Å². The van der Waals surface area contributed by atoms with Gasteiger partial charge in [-0.05, 0) is 30.3 Å². The van der Waals surface area contributed by atoms with Crippen molar-refractivity contribution in [1.29, 1.82) is 0 Å². The first-order valence-corrected chi connectivity index (χ1v) is 5.90. The zero-order chi connectivity index (χ0) is 12.5. The Bertz CT molecular complexity index is 603. The van der Waals surface area contributed by atoms with Crippen LogP contribution >= 0.6 is 11.6 Å². The fourth-order valence-electron chi connectivity index (χ4n) is 1.75. The zero-order valence-electron chi connectivity index (χ0n) is 9.31. The fourth-order valence-corrected chi connectivity index (χ4v) is 1.90. The lowest BCUT2D eigenvalue weighted by atomic mass is 10.1. The molecule has 0 N–H and O–H groups in total. The third-order valence-corrected chi connectivity index (χ3v) is 2.92. The van der Waals surface area contributed by atoms with E-state index in [2.05, 4.69) is 0 Å². The van der Waals surface area contributed by atoms with E-state index < -0.39 is 0 Å². The van der Waals surface area contributed by atoms with Gasteiger partial charge in [0.15, 0.2) is 17.3 Å². The van der Waals surface area contributed by atoms with Gasteiger partial charge in [0.05, 0.1) is 5.88 Å². The molecule has 0 amide bonds. The minimum atomic E-state index is -0.204. The number of benzene rings is 1. The average molecular weight is 265 g/mol. The van der Waals surface area contributed by atoms with Crippen molar-refractivity contribution in [2.45, 2.75) is 5.88 Å². The molecule has 3 rings (SSSR count). The first-order valence-electron chi connectivity index (χ1n) is 5.37. The molecule has 18 heavy (non-hydrogen) atoms. The van der Waals surface area contributed by atoms with Crippen LogP contribution in [0.2, 0.25) is 0 Å². The van der Waals surface area contributed by atoms with E-state index >= 15 is 0 Å². The third-order valence-electron chi connectivity index (χ3n) is 2.65. The van der Waals surface area contributed by atoms with Crippen LogP contribution in [0.1, 0.15) is 21.9 Å². The molecule has 1 aromatic carbocycles. The van der Waals surface area contributed by atoms with Crippen LogP contribution in [0.25, 0.3) is 0 Å². The molecule has 5 heteroatoms. The van der Waals surface area contributed by atoms with Crippen LogP contribution in [0.3, 0.4) is 0 Å². The maximum atomic E-state index is 12.1. The lowest BCUT2D eigenvalue weighted by Gasteiger charge is -2.00. The predicted octanol–water partition coefficient (Wildman–Crippen LogP) is 2.98. The van der Waals surface area contributed by atoms with Crippen molar-refractivity contribution in [3.8, 4) is 11.5 Å². The van der Waals surface area contributed by atoms with Gasteiger partial charge in [0.25, 0.3) is 0 Å². The molecule has 1 aliphatic heterocycles. The van der Waals surface area contributed by atoms with Gasteiger partial charge < -0.3 is 13.9 Å². The first kappa shape index (κ1) is 11.2. The van der Waals surface area contributed by atoms with Crippen LogP contribution in [0.4, 0.5) is 0 Å². The molecule has 0 saturated heterocycles. The van der Waals surface area contributed by atoms with Gasteiger partial charge in [0, 0.05) is 5.56 Å². The third kappa shape index (κ3) is 1.84. The Morgan fingerprint density at radius 1 is 1.17 bits per heavy atom. The molecular weight excluding hydrogens is 256 g/mol. The molecule has 4 nitrogen and oxygen atoms in total. The molecule has 0 spiro atoms. The second kappa shape index (κ2) is 4.38. The molecule has 0 aliphatic carbocycles. The minimum absolute atomic E-state index is 0.185. The van der Waals surface area contributed by atoms with Crippen molar-refractivity contribution in [3.05, 3.63) is 47.4 Å². The molecular formula is C13H9ClO4. The van der Waals surface area contributed by atoms with Crippen molar-refractivity contribution in [3.63, 3.8) is 0 Å². The number of ether oxygens (including phenoxy) is 2. The molecule has 1 aromatic heterocycles. The molecule has 92 valence electrons. The van der Waals surface area contributed by atoms with Gasteiger partial charge >= 0.3 is 0 Å². The highest BCUT2D eigenvalue weighted by Gasteiger charge is 2.19. The summed E-state index contributed by atoms with van der Waals surface area (Å²) in [5.74, 6) is 2.10. The van der Waals surface area contributed by atoms with Gasteiger partial charge in [-0.3, -0.25) is 4.79 Å². The summed E-state index contributed by atoms with van der Waals surface area (Å²) in [5, 5.41) is 0. The molecule has 2 heterocycles. The Morgan fingerprint density at radius 2 is 2.00 bits per heavy atom. The second-order valence-electron chi connectivity index (χ2n) is 3.80. The number of halogens is 1. The van der Waals surface area contributed by atoms with Crippen LogP contribution < -0.4 is 9.47 Å². The van der Waals surface area contributed by atoms with Crippen molar-refractivity contribution < 1.29 is 18.7 Å². The molecule has 0 radical (unpaired) electrons. The number of hydrogen-bond acceptors (Lipinski definition) is 4. The van der Waals surface area contributed by atoms with Gasteiger partial charge in [-0.2, -0.15) is 0 Å². The number of alkyl halides is 1. The summed E-state index contributed by atoms with van der Waals surface area (Å²) in [7, 11) is 0. The lowest BCUT2D eigenvalue weighted by Crippen LogP contribution is -1.99. The standard InChI is InChI=1S/C13H9ClO4/c14-6-9-2-4-11(18-9)13(15)8-1-3-10-12(5-8)17-7-16-10/h1-5H,6-7H2. The van der Waals surface area contributed by atoms with Gasteiger partial charge in [-0.25, -0.2) is 0 Å².